The molecule has 10 heteroatoms. The molecule has 1 aromatic rings. The second kappa shape index (κ2) is 10.7. The molecule has 1 fully saturated rings. The number of carbonyl (C=O) groups is 2. The molecule has 1 heterocycles. The molecule has 0 aliphatic carbocycles. The molecule has 28 heavy (non-hydrogen) atoms. The van der Waals surface area contributed by atoms with Crippen LogP contribution in [-0.4, -0.2) is 54.9 Å². The van der Waals surface area contributed by atoms with Gasteiger partial charge in [-0.1, -0.05) is 13.3 Å². The van der Waals surface area contributed by atoms with E-state index in [4.69, 9.17) is 5.11 Å². The van der Waals surface area contributed by atoms with Gasteiger partial charge in [-0.15, -0.1) is 0 Å². The summed E-state index contributed by atoms with van der Waals surface area (Å²) in [5, 5.41) is 8.79. The summed E-state index contributed by atoms with van der Waals surface area (Å²) < 4.78 is 55.4. The maximum absolute atomic E-state index is 13.5. The Bertz CT molecular complexity index is 659. The Labute approximate surface area is 160 Å². The van der Waals surface area contributed by atoms with Crippen molar-refractivity contribution < 1.29 is 37.0 Å². The van der Waals surface area contributed by atoms with Crippen LogP contribution in [0.2, 0.25) is 0 Å². The normalized spacial score (nSPS) is 14.2. The first-order valence-corrected chi connectivity index (χ1v) is 8.79. The Morgan fingerprint density at radius 1 is 1.18 bits per heavy atom. The first kappa shape index (κ1) is 23.5. The third kappa shape index (κ3) is 7.61. The largest absolute Gasteiger partial charge is 0.466 e. The molecule has 2 rings (SSSR count). The average molecular weight is 408 g/mol. The van der Waals surface area contributed by atoms with E-state index in [1.54, 1.807) is 4.90 Å². The molecule has 1 amide bonds. The van der Waals surface area contributed by atoms with Crippen molar-refractivity contribution >= 4 is 17.7 Å². The number of ether oxygens (including phenoxy) is 1. The van der Waals surface area contributed by atoms with Crippen molar-refractivity contribution in [3.8, 4) is 0 Å². The molecule has 1 aromatic carbocycles. The van der Waals surface area contributed by atoms with Crippen LogP contribution in [0.15, 0.2) is 18.2 Å². The van der Waals surface area contributed by atoms with Crippen molar-refractivity contribution in [2.75, 3.05) is 37.7 Å². The minimum atomic E-state index is -4.72. The smallest absolute Gasteiger partial charge is 0.419 e. The third-order valence-electron chi connectivity index (χ3n) is 3.98. The number of nitrogens with zero attached hydrogens (tertiary/aromatic N) is 2. The van der Waals surface area contributed by atoms with Gasteiger partial charge in [0.15, 0.2) is 0 Å². The molecule has 1 saturated heterocycles. The maximum Gasteiger partial charge on any atom is 0.419 e. The first-order chi connectivity index (χ1) is 13.1. The number of unbranched alkanes of at least 4 members (excludes halogenated alkanes) is 1. The van der Waals surface area contributed by atoms with Crippen LogP contribution in [0.3, 0.4) is 0 Å². The van der Waals surface area contributed by atoms with Crippen LogP contribution in [-0.2, 0) is 15.7 Å². The first-order valence-electron chi connectivity index (χ1n) is 8.79. The molecule has 6 nitrogen and oxygen atoms in total. The number of hydrogen-bond acceptors (Lipinski definition) is 4. The molecule has 0 aromatic heterocycles. The zero-order valence-corrected chi connectivity index (χ0v) is 15.8. The van der Waals surface area contributed by atoms with E-state index in [1.807, 2.05) is 0 Å². The predicted octanol–water partition coefficient (Wildman–Crippen LogP) is 3.99. The molecule has 1 aliphatic rings. The molecular formula is C18H24F4N2O4. The molecule has 0 spiro atoms. The van der Waals surface area contributed by atoms with E-state index < -0.39 is 23.7 Å². The minimum absolute atomic E-state index is 0.182. The van der Waals surface area contributed by atoms with Crippen LogP contribution in [0.25, 0.3) is 0 Å². The fourth-order valence-electron chi connectivity index (χ4n) is 2.45. The van der Waals surface area contributed by atoms with E-state index in [0.29, 0.717) is 31.5 Å². The number of alkyl halides is 3. The van der Waals surface area contributed by atoms with Gasteiger partial charge in [-0.3, -0.25) is 4.79 Å². The summed E-state index contributed by atoms with van der Waals surface area (Å²) in [6, 6.07) is 2.73. The molecular weight excluding hydrogens is 384 g/mol. The second-order valence-corrected chi connectivity index (χ2v) is 6.11. The Hall–Kier alpha value is -2.52. The van der Waals surface area contributed by atoms with E-state index >= 15 is 0 Å². The van der Waals surface area contributed by atoms with Crippen LogP contribution in [0.1, 0.15) is 32.3 Å². The molecule has 1 aliphatic heterocycles. The van der Waals surface area contributed by atoms with Crippen molar-refractivity contribution in [2.24, 2.45) is 0 Å². The summed E-state index contributed by atoms with van der Waals surface area (Å²) in [5.74, 6) is -1.51. The number of rotatable bonds is 4. The zero-order chi connectivity index (χ0) is 21.3. The fourth-order valence-corrected chi connectivity index (χ4v) is 2.45. The van der Waals surface area contributed by atoms with Crippen molar-refractivity contribution in [2.45, 2.75) is 32.9 Å². The van der Waals surface area contributed by atoms with Crippen LogP contribution < -0.4 is 4.90 Å². The summed E-state index contributed by atoms with van der Waals surface area (Å²) in [6.45, 7) is 5.16. The Morgan fingerprint density at radius 2 is 1.79 bits per heavy atom. The number of carboxylic acid groups (broad SMARTS) is 1. The summed E-state index contributed by atoms with van der Waals surface area (Å²) in [6.07, 6.45) is -3.71. The van der Waals surface area contributed by atoms with Gasteiger partial charge in [-0.2, -0.15) is 13.2 Å². The highest BCUT2D eigenvalue weighted by atomic mass is 19.4. The second-order valence-electron chi connectivity index (χ2n) is 6.11. The molecule has 0 saturated carbocycles. The minimum Gasteiger partial charge on any atom is -0.466 e. The lowest BCUT2D eigenvalue weighted by Gasteiger charge is -2.34. The monoisotopic (exact) mass is 408 g/mol. The third-order valence-corrected chi connectivity index (χ3v) is 3.98. The van der Waals surface area contributed by atoms with Crippen LogP contribution in [0.4, 0.5) is 28.0 Å². The highest BCUT2D eigenvalue weighted by molar-refractivity contribution is 5.66. The van der Waals surface area contributed by atoms with Gasteiger partial charge in [0.25, 0.3) is 0 Å². The number of benzene rings is 1. The van der Waals surface area contributed by atoms with E-state index in [2.05, 4.69) is 11.7 Å². The van der Waals surface area contributed by atoms with E-state index in [-0.39, 0.29) is 19.1 Å². The van der Waals surface area contributed by atoms with Gasteiger partial charge in [0.1, 0.15) is 5.82 Å². The van der Waals surface area contributed by atoms with Crippen molar-refractivity contribution in [1.82, 2.24) is 4.90 Å². The molecule has 0 unspecified atom stereocenters. The quantitative estimate of drug-likeness (QED) is 0.463. The lowest BCUT2D eigenvalue weighted by atomic mass is 10.1. The van der Waals surface area contributed by atoms with Gasteiger partial charge in [0.2, 0.25) is 0 Å². The van der Waals surface area contributed by atoms with Crippen molar-refractivity contribution in [3.63, 3.8) is 0 Å². The summed E-state index contributed by atoms with van der Waals surface area (Å²) in [7, 11) is 0. The van der Waals surface area contributed by atoms with Crippen molar-refractivity contribution in [3.05, 3.63) is 29.6 Å². The van der Waals surface area contributed by atoms with Gasteiger partial charge in [0, 0.05) is 38.8 Å². The van der Waals surface area contributed by atoms with E-state index in [0.717, 1.165) is 18.9 Å². The number of halogens is 4. The summed E-state index contributed by atoms with van der Waals surface area (Å²) in [4.78, 5) is 23.7. The Kier molecular flexibility index (Phi) is 9.01. The average Bonchev–Trinajstić information content (AvgIpc) is 2.61. The highest BCUT2D eigenvalue weighted by Gasteiger charge is 2.34. The Morgan fingerprint density at radius 3 is 2.21 bits per heavy atom. The van der Waals surface area contributed by atoms with Gasteiger partial charge < -0.3 is 19.6 Å². The maximum atomic E-state index is 13.5. The van der Waals surface area contributed by atoms with E-state index in [9.17, 15) is 27.2 Å². The number of hydrogen-bond donors (Lipinski definition) is 1. The topological polar surface area (TPSA) is 70.1 Å². The van der Waals surface area contributed by atoms with Crippen LogP contribution >= 0.6 is 0 Å². The number of esters is 1. The molecule has 158 valence electrons. The standard InChI is InChI=1S/C12H12F4N2O2.C6H12O2/c13-10-7-8(1-2-9(10)12(14,15)16)17-3-5-18(6-4-17)11(19)20;1-3-4-5-8-6(2)7/h1-2,7H,3-6H2,(H,19,20);3-5H2,1-2H3. The molecule has 1 N–H and O–H groups in total. The lowest BCUT2D eigenvalue weighted by molar-refractivity contribution is -0.141. The van der Waals surface area contributed by atoms with Gasteiger partial charge >= 0.3 is 18.2 Å². The predicted molar refractivity (Wildman–Crippen MR) is 94.8 cm³/mol. The number of piperazine rings is 1. The lowest BCUT2D eigenvalue weighted by Crippen LogP contribution is -2.48. The van der Waals surface area contributed by atoms with Crippen LogP contribution in [0.5, 0.6) is 0 Å². The highest BCUT2D eigenvalue weighted by Crippen LogP contribution is 2.33. The molecule has 0 radical (unpaired) electrons. The Balaban J connectivity index is 0.000000416. The summed E-state index contributed by atoms with van der Waals surface area (Å²) >= 11 is 0. The van der Waals surface area contributed by atoms with Gasteiger partial charge in [-0.05, 0) is 24.6 Å². The SMILES string of the molecule is CCCCOC(C)=O.O=C(O)N1CCN(c2ccc(C(F)(F)F)c(F)c2)CC1. The van der Waals surface area contributed by atoms with E-state index in [1.165, 1.54) is 17.9 Å². The zero-order valence-electron chi connectivity index (χ0n) is 15.8. The van der Waals surface area contributed by atoms with Gasteiger partial charge in [0.05, 0.1) is 12.2 Å². The number of amides is 1. The number of carbonyl (C=O) groups excluding carboxylic acids is 1. The molecule has 0 atom stereocenters. The number of anilines is 1. The van der Waals surface area contributed by atoms with Gasteiger partial charge in [-0.25, -0.2) is 9.18 Å². The summed E-state index contributed by atoms with van der Waals surface area (Å²) in [5.41, 5.74) is -0.981. The molecule has 0 bridgehead atoms. The fraction of sp³-hybridized carbons (Fsp3) is 0.556. The van der Waals surface area contributed by atoms with Crippen LogP contribution in [0, 0.1) is 5.82 Å². The van der Waals surface area contributed by atoms with Crippen molar-refractivity contribution in [1.29, 1.82) is 0 Å².